The molecule has 36 heavy (non-hydrogen) atoms. The molecular formula is C29H40O7. The number of hydrogen-bond donors (Lipinski definition) is 1. The van der Waals surface area contributed by atoms with Gasteiger partial charge in [-0.2, -0.15) is 0 Å². The average molecular weight is 501 g/mol. The van der Waals surface area contributed by atoms with E-state index in [4.69, 9.17) is 9.47 Å². The molecule has 0 aromatic rings. The van der Waals surface area contributed by atoms with Crippen LogP contribution in [0.25, 0.3) is 0 Å². The Bertz CT molecular complexity index is 1040. The van der Waals surface area contributed by atoms with Crippen LogP contribution in [0.2, 0.25) is 0 Å². The third kappa shape index (κ3) is 3.41. The minimum Gasteiger partial charge on any atom is -0.457 e. The maximum Gasteiger partial charge on any atom is 0.306 e. The highest BCUT2D eigenvalue weighted by Crippen LogP contribution is 2.73. The van der Waals surface area contributed by atoms with Gasteiger partial charge in [-0.25, -0.2) is 0 Å². The van der Waals surface area contributed by atoms with Crippen molar-refractivity contribution in [3.05, 3.63) is 23.8 Å². The molecular weight excluding hydrogens is 460 g/mol. The smallest absolute Gasteiger partial charge is 0.306 e. The summed E-state index contributed by atoms with van der Waals surface area (Å²) in [5.41, 5.74) is -2.31. The molecule has 4 rings (SSSR count). The second kappa shape index (κ2) is 8.93. The van der Waals surface area contributed by atoms with E-state index >= 15 is 0 Å². The van der Waals surface area contributed by atoms with Crippen LogP contribution in [-0.4, -0.2) is 46.9 Å². The van der Waals surface area contributed by atoms with Crippen LogP contribution in [0.15, 0.2) is 23.8 Å². The Hall–Kier alpha value is -2.28. The topological polar surface area (TPSA) is 107 Å². The number of aliphatic hydroxyl groups is 1. The standard InChI is InChI=1S/C29H40O7/c1-7-24(33)35-16-23(32)29(36-25(34)8-2)17(3)13-21-20-10-9-18-14-19(30)11-12-26(18,4)28(20,6)22(31)15-27(21,29)5/h11-12,14,17,20-22,31H,7-10,13,15-16H2,1-6H3/t17-,20-,21-,22-,26-,27-,28+,29-/m0/s1. The molecule has 198 valence electrons. The Kier molecular flexibility index (Phi) is 6.64. The molecule has 7 nitrogen and oxygen atoms in total. The molecule has 1 N–H and O–H groups in total. The first kappa shape index (κ1) is 26.8. The van der Waals surface area contributed by atoms with Crippen molar-refractivity contribution < 1.29 is 33.8 Å². The number of Topliss-reactive ketones (excluding diaryl/α,β-unsaturated/α-hetero) is 1. The molecule has 0 radical (unpaired) electrons. The summed E-state index contributed by atoms with van der Waals surface area (Å²) in [6.07, 6.45) is 7.19. The van der Waals surface area contributed by atoms with Gasteiger partial charge in [0.2, 0.25) is 5.78 Å². The van der Waals surface area contributed by atoms with Gasteiger partial charge in [0.15, 0.2) is 18.0 Å². The van der Waals surface area contributed by atoms with Crippen LogP contribution in [0.1, 0.15) is 80.1 Å². The van der Waals surface area contributed by atoms with Gasteiger partial charge in [-0.1, -0.05) is 53.2 Å². The lowest BCUT2D eigenvalue weighted by molar-refractivity contribution is -0.221. The normalized spacial score (nSPS) is 43.1. The van der Waals surface area contributed by atoms with Crippen LogP contribution in [0.5, 0.6) is 0 Å². The molecule has 3 saturated carbocycles. The number of carbonyl (C=O) groups is 4. The Balaban J connectivity index is 1.80. The zero-order valence-corrected chi connectivity index (χ0v) is 22.4. The molecule has 0 aromatic heterocycles. The minimum absolute atomic E-state index is 0.000728. The van der Waals surface area contributed by atoms with Crippen molar-refractivity contribution >= 4 is 23.5 Å². The molecule has 0 saturated heterocycles. The summed E-state index contributed by atoms with van der Waals surface area (Å²) >= 11 is 0. The van der Waals surface area contributed by atoms with Crippen molar-refractivity contribution in [1.82, 2.24) is 0 Å². The van der Waals surface area contributed by atoms with E-state index in [1.165, 1.54) is 0 Å². The summed E-state index contributed by atoms with van der Waals surface area (Å²) in [6.45, 7) is 11.0. The van der Waals surface area contributed by atoms with E-state index in [9.17, 15) is 24.3 Å². The fourth-order valence-electron chi connectivity index (χ4n) is 8.44. The zero-order valence-electron chi connectivity index (χ0n) is 22.4. The highest BCUT2D eigenvalue weighted by molar-refractivity contribution is 6.01. The Morgan fingerprint density at radius 1 is 1.08 bits per heavy atom. The van der Waals surface area contributed by atoms with Crippen LogP contribution >= 0.6 is 0 Å². The number of esters is 2. The first-order valence-corrected chi connectivity index (χ1v) is 13.3. The van der Waals surface area contributed by atoms with Gasteiger partial charge >= 0.3 is 11.9 Å². The molecule has 0 aliphatic heterocycles. The lowest BCUT2D eigenvalue weighted by atomic mass is 9.39. The predicted octanol–water partition coefficient (Wildman–Crippen LogP) is 4.12. The van der Waals surface area contributed by atoms with Gasteiger partial charge in [0.1, 0.15) is 0 Å². The number of ether oxygens (including phenoxy) is 2. The SMILES string of the molecule is CCC(=O)OCC(=O)[C@@]1(OC(=O)CC)[C@@H](C)C[C@H]2[C@@H]3CCC4=CC(=O)C=C[C@]4(C)[C@@]3(C)[C@@H](O)C[C@@]21C. The van der Waals surface area contributed by atoms with E-state index in [0.29, 0.717) is 6.42 Å². The monoisotopic (exact) mass is 500 g/mol. The lowest BCUT2D eigenvalue weighted by Gasteiger charge is -2.65. The Morgan fingerprint density at radius 2 is 1.75 bits per heavy atom. The van der Waals surface area contributed by atoms with Crippen LogP contribution in [0, 0.1) is 34.0 Å². The molecule has 0 unspecified atom stereocenters. The molecule has 4 aliphatic rings. The summed E-state index contributed by atoms with van der Waals surface area (Å²) in [5.74, 6) is -1.66. The van der Waals surface area contributed by atoms with Gasteiger partial charge in [-0.15, -0.1) is 0 Å². The second-order valence-electron chi connectivity index (χ2n) is 11.9. The average Bonchev–Trinajstić information content (AvgIpc) is 3.05. The first-order chi connectivity index (χ1) is 16.8. The van der Waals surface area contributed by atoms with Crippen molar-refractivity contribution in [2.45, 2.75) is 91.8 Å². The zero-order chi connectivity index (χ0) is 26.7. The van der Waals surface area contributed by atoms with Gasteiger partial charge in [0.25, 0.3) is 0 Å². The molecule has 4 aliphatic carbocycles. The summed E-state index contributed by atoms with van der Waals surface area (Å²) in [4.78, 5) is 50.7. The van der Waals surface area contributed by atoms with Crippen LogP contribution in [-0.2, 0) is 28.7 Å². The van der Waals surface area contributed by atoms with Crippen molar-refractivity contribution in [2.75, 3.05) is 6.61 Å². The number of carbonyl (C=O) groups excluding carboxylic acids is 4. The van der Waals surface area contributed by atoms with Gasteiger partial charge in [0.05, 0.1) is 6.10 Å². The number of aliphatic hydroxyl groups excluding tert-OH is 1. The van der Waals surface area contributed by atoms with Crippen LogP contribution in [0.3, 0.4) is 0 Å². The molecule has 7 heteroatoms. The van der Waals surface area contributed by atoms with Gasteiger partial charge in [0, 0.05) is 35.0 Å². The van der Waals surface area contributed by atoms with Crippen molar-refractivity contribution in [3.63, 3.8) is 0 Å². The highest BCUT2D eigenvalue weighted by atomic mass is 16.6. The van der Waals surface area contributed by atoms with E-state index in [2.05, 4.69) is 13.8 Å². The third-order valence-electron chi connectivity index (χ3n) is 10.6. The third-order valence-corrected chi connectivity index (χ3v) is 10.6. The van der Waals surface area contributed by atoms with E-state index in [1.54, 1.807) is 26.0 Å². The quantitative estimate of drug-likeness (QED) is 0.547. The van der Waals surface area contributed by atoms with Gasteiger partial charge in [-0.3, -0.25) is 19.2 Å². The second-order valence-corrected chi connectivity index (χ2v) is 11.9. The minimum atomic E-state index is -1.49. The van der Waals surface area contributed by atoms with Crippen LogP contribution < -0.4 is 0 Å². The number of hydrogen-bond acceptors (Lipinski definition) is 7. The van der Waals surface area contributed by atoms with Gasteiger partial charge in [-0.05, 0) is 49.7 Å². The number of allylic oxidation sites excluding steroid dienone is 4. The van der Waals surface area contributed by atoms with Gasteiger partial charge < -0.3 is 14.6 Å². The first-order valence-electron chi connectivity index (χ1n) is 13.3. The number of ketones is 2. The van der Waals surface area contributed by atoms with E-state index < -0.39 is 52.3 Å². The maximum atomic E-state index is 13.9. The molecule has 8 atom stereocenters. The fourth-order valence-corrected chi connectivity index (χ4v) is 8.44. The summed E-state index contributed by atoms with van der Waals surface area (Å²) in [5, 5.41) is 11.9. The fraction of sp³-hybridized carbons (Fsp3) is 0.724. The van der Waals surface area contributed by atoms with Crippen molar-refractivity contribution in [1.29, 1.82) is 0 Å². The molecule has 0 aromatic carbocycles. The van der Waals surface area contributed by atoms with E-state index in [0.717, 1.165) is 18.4 Å². The van der Waals surface area contributed by atoms with E-state index in [-0.39, 0.29) is 42.8 Å². The largest absolute Gasteiger partial charge is 0.457 e. The molecule has 3 fully saturated rings. The molecule has 0 spiro atoms. The molecule has 0 amide bonds. The predicted molar refractivity (Wildman–Crippen MR) is 133 cm³/mol. The number of fused-ring (bicyclic) bond motifs is 5. The Morgan fingerprint density at radius 3 is 2.39 bits per heavy atom. The Labute approximate surface area is 213 Å². The lowest BCUT2D eigenvalue weighted by Crippen LogP contribution is -2.67. The van der Waals surface area contributed by atoms with E-state index in [1.807, 2.05) is 19.9 Å². The van der Waals surface area contributed by atoms with Crippen molar-refractivity contribution in [2.24, 2.45) is 34.0 Å². The summed E-state index contributed by atoms with van der Waals surface area (Å²) in [6, 6.07) is 0. The summed E-state index contributed by atoms with van der Waals surface area (Å²) < 4.78 is 11.3. The molecule has 0 heterocycles. The van der Waals surface area contributed by atoms with Crippen LogP contribution in [0.4, 0.5) is 0 Å². The summed E-state index contributed by atoms with van der Waals surface area (Å²) in [7, 11) is 0. The highest BCUT2D eigenvalue weighted by Gasteiger charge is 2.75. The molecule has 0 bridgehead atoms. The number of rotatable bonds is 6. The maximum absolute atomic E-state index is 13.9. The van der Waals surface area contributed by atoms with Crippen molar-refractivity contribution in [3.8, 4) is 0 Å².